The van der Waals surface area contributed by atoms with Crippen LogP contribution in [0.2, 0.25) is 0 Å². The second-order valence-electron chi connectivity index (χ2n) is 5.22. The van der Waals surface area contributed by atoms with Gasteiger partial charge in [-0.15, -0.1) is 0 Å². The lowest BCUT2D eigenvalue weighted by molar-refractivity contribution is 0.0698. The Morgan fingerprint density at radius 3 is 2.43 bits per heavy atom. The van der Waals surface area contributed by atoms with Gasteiger partial charge in [0, 0.05) is 0 Å². The molecule has 0 bridgehead atoms. The summed E-state index contributed by atoms with van der Waals surface area (Å²) in [4.78, 5) is 11.2. The number of hydrazone groups is 1. The van der Waals surface area contributed by atoms with E-state index in [0.29, 0.717) is 5.69 Å². The number of carboxylic acids is 1. The van der Waals surface area contributed by atoms with Crippen LogP contribution in [0.5, 0.6) is 0 Å². The molecular weight excluding hydrogens is 288 g/mol. The van der Waals surface area contributed by atoms with Crippen molar-refractivity contribution in [2.75, 3.05) is 5.43 Å². The first-order valence-corrected chi connectivity index (χ1v) is 7.27. The molecule has 0 unspecified atom stereocenters. The Morgan fingerprint density at radius 2 is 1.65 bits per heavy atom. The number of hydrogen-bond donors (Lipinski definition) is 2. The van der Waals surface area contributed by atoms with Crippen molar-refractivity contribution in [1.29, 1.82) is 0 Å². The molecule has 4 heteroatoms. The molecule has 0 aliphatic carbocycles. The van der Waals surface area contributed by atoms with E-state index >= 15 is 0 Å². The quantitative estimate of drug-likeness (QED) is 0.555. The van der Waals surface area contributed by atoms with E-state index < -0.39 is 5.97 Å². The number of carboxylic acid groups (broad SMARTS) is 1. The molecule has 0 saturated carbocycles. The molecule has 0 fully saturated rings. The standard InChI is InChI=1S/C19H16N2O2/c1-13(15-11-10-14-6-2-3-7-16(14)12-15)20-21-18-9-5-4-8-17(18)19(22)23/h2-12,21H,1H3,(H,22,23). The van der Waals surface area contributed by atoms with Crippen molar-refractivity contribution in [3.63, 3.8) is 0 Å². The maximum Gasteiger partial charge on any atom is 0.337 e. The highest BCUT2D eigenvalue weighted by molar-refractivity contribution is 6.02. The molecule has 0 aliphatic heterocycles. The van der Waals surface area contributed by atoms with E-state index in [0.717, 1.165) is 16.7 Å². The van der Waals surface area contributed by atoms with Crippen molar-refractivity contribution in [2.24, 2.45) is 5.10 Å². The van der Waals surface area contributed by atoms with Gasteiger partial charge < -0.3 is 5.11 Å². The van der Waals surface area contributed by atoms with Gasteiger partial charge in [0.1, 0.15) is 0 Å². The third-order valence-electron chi connectivity index (χ3n) is 3.67. The van der Waals surface area contributed by atoms with Gasteiger partial charge in [-0.2, -0.15) is 5.10 Å². The molecule has 0 amide bonds. The molecule has 0 aromatic heterocycles. The number of hydrogen-bond acceptors (Lipinski definition) is 3. The minimum atomic E-state index is -0.980. The minimum Gasteiger partial charge on any atom is -0.478 e. The summed E-state index contributed by atoms with van der Waals surface area (Å²) in [5, 5.41) is 15.8. The molecule has 3 aromatic rings. The zero-order chi connectivity index (χ0) is 16.2. The third-order valence-corrected chi connectivity index (χ3v) is 3.67. The van der Waals surface area contributed by atoms with Gasteiger partial charge >= 0.3 is 5.97 Å². The third kappa shape index (κ3) is 3.21. The Kier molecular flexibility index (Phi) is 4.06. The van der Waals surface area contributed by atoms with Crippen molar-refractivity contribution in [3.05, 3.63) is 77.9 Å². The Labute approximate surface area is 134 Å². The van der Waals surface area contributed by atoms with Crippen LogP contribution in [0.25, 0.3) is 10.8 Å². The predicted octanol–water partition coefficient (Wildman–Crippen LogP) is 4.37. The second kappa shape index (κ2) is 6.32. The van der Waals surface area contributed by atoms with Gasteiger partial charge in [-0.05, 0) is 41.5 Å². The summed E-state index contributed by atoms with van der Waals surface area (Å²) in [6, 6.07) is 21.0. The van der Waals surface area contributed by atoms with E-state index in [2.05, 4.69) is 34.8 Å². The Bertz CT molecular complexity index is 901. The summed E-state index contributed by atoms with van der Waals surface area (Å²) in [6.07, 6.45) is 0. The van der Waals surface area contributed by atoms with Gasteiger partial charge in [-0.1, -0.05) is 48.5 Å². The highest BCUT2D eigenvalue weighted by atomic mass is 16.4. The van der Waals surface area contributed by atoms with E-state index in [1.54, 1.807) is 24.3 Å². The normalized spacial score (nSPS) is 11.4. The maximum absolute atomic E-state index is 11.2. The van der Waals surface area contributed by atoms with Crippen LogP contribution in [0, 0.1) is 0 Å². The number of aromatic carboxylic acids is 1. The number of nitrogens with zero attached hydrogens (tertiary/aromatic N) is 1. The van der Waals surface area contributed by atoms with Gasteiger partial charge in [-0.3, -0.25) is 5.43 Å². The molecule has 3 rings (SSSR count). The molecule has 3 aromatic carbocycles. The summed E-state index contributed by atoms with van der Waals surface area (Å²) in [6.45, 7) is 1.89. The van der Waals surface area contributed by atoms with Crippen molar-refractivity contribution in [2.45, 2.75) is 6.92 Å². The molecule has 0 saturated heterocycles. The lowest BCUT2D eigenvalue weighted by Gasteiger charge is -2.07. The zero-order valence-electron chi connectivity index (χ0n) is 12.7. The van der Waals surface area contributed by atoms with E-state index in [-0.39, 0.29) is 5.56 Å². The van der Waals surface area contributed by atoms with Crippen LogP contribution in [-0.4, -0.2) is 16.8 Å². The summed E-state index contributed by atoms with van der Waals surface area (Å²) < 4.78 is 0. The summed E-state index contributed by atoms with van der Waals surface area (Å²) in [7, 11) is 0. The average molecular weight is 304 g/mol. The number of fused-ring (bicyclic) bond motifs is 1. The fourth-order valence-electron chi connectivity index (χ4n) is 2.39. The first-order chi connectivity index (χ1) is 11.1. The van der Waals surface area contributed by atoms with Crippen molar-refractivity contribution < 1.29 is 9.90 Å². The lowest BCUT2D eigenvalue weighted by Crippen LogP contribution is -2.04. The molecule has 0 radical (unpaired) electrons. The first-order valence-electron chi connectivity index (χ1n) is 7.27. The van der Waals surface area contributed by atoms with E-state index in [4.69, 9.17) is 0 Å². The second-order valence-corrected chi connectivity index (χ2v) is 5.22. The largest absolute Gasteiger partial charge is 0.478 e. The minimum absolute atomic E-state index is 0.197. The predicted molar refractivity (Wildman–Crippen MR) is 93.2 cm³/mol. The van der Waals surface area contributed by atoms with Crippen LogP contribution in [0.1, 0.15) is 22.8 Å². The van der Waals surface area contributed by atoms with Gasteiger partial charge in [0.15, 0.2) is 0 Å². The van der Waals surface area contributed by atoms with Crippen LogP contribution in [0.3, 0.4) is 0 Å². The van der Waals surface area contributed by atoms with Crippen LogP contribution < -0.4 is 5.43 Å². The monoisotopic (exact) mass is 304 g/mol. The lowest BCUT2D eigenvalue weighted by atomic mass is 10.0. The van der Waals surface area contributed by atoms with Crippen LogP contribution in [0.4, 0.5) is 5.69 Å². The highest BCUT2D eigenvalue weighted by Crippen LogP contribution is 2.18. The molecule has 23 heavy (non-hydrogen) atoms. The van der Waals surface area contributed by atoms with Crippen molar-refractivity contribution in [1.82, 2.24) is 0 Å². The van der Waals surface area contributed by atoms with Gasteiger partial charge in [0.2, 0.25) is 0 Å². The van der Waals surface area contributed by atoms with Crippen LogP contribution >= 0.6 is 0 Å². The van der Waals surface area contributed by atoms with Crippen LogP contribution in [-0.2, 0) is 0 Å². The molecular formula is C19H16N2O2. The van der Waals surface area contributed by atoms with Crippen molar-refractivity contribution >= 4 is 28.1 Å². The number of para-hydroxylation sites is 1. The molecule has 0 heterocycles. The van der Waals surface area contributed by atoms with E-state index in [1.807, 2.05) is 25.1 Å². The topological polar surface area (TPSA) is 61.7 Å². The molecule has 0 spiro atoms. The summed E-state index contributed by atoms with van der Waals surface area (Å²) in [5.74, 6) is -0.980. The first kappa shape index (κ1) is 14.8. The van der Waals surface area contributed by atoms with E-state index in [9.17, 15) is 9.90 Å². The van der Waals surface area contributed by atoms with E-state index in [1.165, 1.54) is 5.39 Å². The SMILES string of the molecule is CC(=NNc1ccccc1C(=O)O)c1ccc2ccccc2c1. The summed E-state index contributed by atoms with van der Waals surface area (Å²) in [5.41, 5.74) is 5.29. The van der Waals surface area contributed by atoms with Crippen LogP contribution in [0.15, 0.2) is 71.8 Å². The average Bonchev–Trinajstić information content (AvgIpc) is 2.59. The zero-order valence-corrected chi connectivity index (χ0v) is 12.7. The fraction of sp³-hybridized carbons (Fsp3) is 0.0526. The molecule has 114 valence electrons. The molecule has 2 N–H and O–H groups in total. The number of anilines is 1. The number of nitrogens with one attached hydrogen (secondary N) is 1. The number of carbonyl (C=O) groups is 1. The maximum atomic E-state index is 11.2. The highest BCUT2D eigenvalue weighted by Gasteiger charge is 2.08. The number of rotatable bonds is 4. The Hall–Kier alpha value is -3.14. The van der Waals surface area contributed by atoms with Gasteiger partial charge in [0.05, 0.1) is 17.0 Å². The fourth-order valence-corrected chi connectivity index (χ4v) is 2.39. The smallest absolute Gasteiger partial charge is 0.337 e. The van der Waals surface area contributed by atoms with Crippen molar-refractivity contribution in [3.8, 4) is 0 Å². The van der Waals surface area contributed by atoms with Gasteiger partial charge in [-0.25, -0.2) is 4.79 Å². The Balaban J connectivity index is 1.88. The molecule has 0 atom stereocenters. The Morgan fingerprint density at radius 1 is 0.957 bits per heavy atom. The van der Waals surface area contributed by atoms with Gasteiger partial charge in [0.25, 0.3) is 0 Å². The molecule has 0 aliphatic rings. The molecule has 4 nitrogen and oxygen atoms in total. The summed E-state index contributed by atoms with van der Waals surface area (Å²) >= 11 is 0. The number of benzene rings is 3.